The Bertz CT molecular complexity index is 856. The Labute approximate surface area is 143 Å². The van der Waals surface area contributed by atoms with Crippen LogP contribution >= 0.6 is 11.6 Å². The minimum atomic E-state index is -1.16. The number of halogens is 1. The number of carbonyl (C=O) groups excluding carboxylic acids is 1. The summed E-state index contributed by atoms with van der Waals surface area (Å²) < 4.78 is 5.09. The van der Waals surface area contributed by atoms with Crippen LogP contribution in [0.5, 0.6) is 0 Å². The normalized spacial score (nSPS) is 17.9. The van der Waals surface area contributed by atoms with Crippen molar-refractivity contribution in [2.45, 2.75) is 32.4 Å². The SMILES string of the molecule is C[C@@H](C1CC1)N1Cc2cc(-c3cc(C(=O)O)no3)cc(Cl)c2C1=O. The van der Waals surface area contributed by atoms with Crippen LogP contribution in [0.2, 0.25) is 5.02 Å². The average Bonchev–Trinajstić information content (AvgIpc) is 3.16. The summed E-state index contributed by atoms with van der Waals surface area (Å²) in [5.41, 5.74) is 1.82. The van der Waals surface area contributed by atoms with Gasteiger partial charge in [0.25, 0.3) is 5.91 Å². The van der Waals surface area contributed by atoms with Crippen LogP contribution in [-0.4, -0.2) is 33.1 Å². The first-order valence-corrected chi connectivity index (χ1v) is 8.17. The van der Waals surface area contributed by atoms with Crippen molar-refractivity contribution in [3.8, 4) is 11.3 Å². The van der Waals surface area contributed by atoms with Crippen molar-refractivity contribution in [3.63, 3.8) is 0 Å². The van der Waals surface area contributed by atoms with Crippen molar-refractivity contribution in [1.29, 1.82) is 0 Å². The molecule has 7 heteroatoms. The van der Waals surface area contributed by atoms with Gasteiger partial charge in [0, 0.05) is 24.2 Å². The lowest BCUT2D eigenvalue weighted by molar-refractivity contribution is 0.0681. The maximum absolute atomic E-state index is 12.7. The van der Waals surface area contributed by atoms with Gasteiger partial charge in [0.2, 0.25) is 0 Å². The van der Waals surface area contributed by atoms with E-state index in [-0.39, 0.29) is 17.6 Å². The molecule has 1 N–H and O–H groups in total. The standard InChI is InChI=1S/C17H15ClN2O4/c1-8(9-2-3-9)20-7-11-4-10(5-12(18)15(11)16(20)21)14-6-13(17(22)23)19-24-14/h4-6,8-9H,2-3,7H2,1H3,(H,22,23)/t8-/m0/s1. The van der Waals surface area contributed by atoms with E-state index in [1.54, 1.807) is 6.07 Å². The number of benzene rings is 1. The van der Waals surface area contributed by atoms with Crippen LogP contribution in [0.15, 0.2) is 22.7 Å². The first-order chi connectivity index (χ1) is 11.5. The van der Waals surface area contributed by atoms with Crippen molar-refractivity contribution in [1.82, 2.24) is 10.1 Å². The summed E-state index contributed by atoms with van der Waals surface area (Å²) in [7, 11) is 0. The molecule has 1 saturated carbocycles. The van der Waals surface area contributed by atoms with Crippen molar-refractivity contribution in [2.24, 2.45) is 5.92 Å². The van der Waals surface area contributed by atoms with Gasteiger partial charge in [-0.15, -0.1) is 0 Å². The topological polar surface area (TPSA) is 83.6 Å². The molecule has 0 saturated heterocycles. The molecule has 0 bridgehead atoms. The summed E-state index contributed by atoms with van der Waals surface area (Å²) in [6, 6.07) is 5.00. The Morgan fingerprint density at radius 1 is 1.42 bits per heavy atom. The quantitative estimate of drug-likeness (QED) is 0.916. The van der Waals surface area contributed by atoms with Gasteiger partial charge in [-0.3, -0.25) is 4.79 Å². The summed E-state index contributed by atoms with van der Waals surface area (Å²) in [4.78, 5) is 25.5. The summed E-state index contributed by atoms with van der Waals surface area (Å²) in [6.07, 6.45) is 2.33. The van der Waals surface area contributed by atoms with Crippen molar-refractivity contribution >= 4 is 23.5 Å². The van der Waals surface area contributed by atoms with E-state index in [0.717, 1.165) is 18.4 Å². The zero-order valence-electron chi connectivity index (χ0n) is 13.0. The number of nitrogens with zero attached hydrogens (tertiary/aromatic N) is 2. The molecule has 2 aliphatic rings. The van der Waals surface area contributed by atoms with E-state index in [9.17, 15) is 9.59 Å². The Morgan fingerprint density at radius 2 is 2.17 bits per heavy atom. The minimum absolute atomic E-state index is 0.0373. The van der Waals surface area contributed by atoms with E-state index in [2.05, 4.69) is 12.1 Å². The number of aromatic nitrogens is 1. The maximum atomic E-state index is 12.7. The van der Waals surface area contributed by atoms with Crippen molar-refractivity contribution in [2.75, 3.05) is 0 Å². The second-order valence-electron chi connectivity index (χ2n) is 6.38. The number of carboxylic acids is 1. The largest absolute Gasteiger partial charge is 0.476 e. The van der Waals surface area contributed by atoms with Crippen LogP contribution in [0.25, 0.3) is 11.3 Å². The number of rotatable bonds is 4. The predicted octanol–water partition coefficient (Wildman–Crippen LogP) is 3.45. The molecular formula is C17H15ClN2O4. The lowest BCUT2D eigenvalue weighted by atomic mass is 10.0. The van der Waals surface area contributed by atoms with Gasteiger partial charge in [0.05, 0.1) is 10.6 Å². The van der Waals surface area contributed by atoms with Crippen LogP contribution in [0, 0.1) is 5.92 Å². The molecule has 24 heavy (non-hydrogen) atoms. The lowest BCUT2D eigenvalue weighted by Gasteiger charge is -2.23. The zero-order valence-corrected chi connectivity index (χ0v) is 13.7. The van der Waals surface area contributed by atoms with Gasteiger partial charge in [-0.05, 0) is 43.4 Å². The summed E-state index contributed by atoms with van der Waals surface area (Å²) in [5.74, 6) is -0.297. The number of fused-ring (bicyclic) bond motifs is 1. The first-order valence-electron chi connectivity index (χ1n) is 7.79. The molecule has 6 nitrogen and oxygen atoms in total. The molecule has 124 valence electrons. The second kappa shape index (κ2) is 5.34. The summed E-state index contributed by atoms with van der Waals surface area (Å²) in [5, 5.41) is 12.8. The lowest BCUT2D eigenvalue weighted by Crippen LogP contribution is -2.34. The Balaban J connectivity index is 1.70. The third-order valence-electron chi connectivity index (χ3n) is 4.80. The Hall–Kier alpha value is -2.34. The highest BCUT2D eigenvalue weighted by molar-refractivity contribution is 6.34. The van der Waals surface area contributed by atoms with E-state index < -0.39 is 5.97 Å². The maximum Gasteiger partial charge on any atom is 0.358 e. The number of carbonyl (C=O) groups is 2. The molecule has 2 aromatic rings. The van der Waals surface area contributed by atoms with Crippen molar-refractivity contribution in [3.05, 3.63) is 40.0 Å². The average molecular weight is 347 g/mol. The smallest absolute Gasteiger partial charge is 0.358 e. The number of aromatic carboxylic acids is 1. The fraction of sp³-hybridized carbons (Fsp3) is 0.353. The monoisotopic (exact) mass is 346 g/mol. The van der Waals surface area contributed by atoms with Crippen LogP contribution < -0.4 is 0 Å². The second-order valence-corrected chi connectivity index (χ2v) is 6.79. The highest BCUT2D eigenvalue weighted by Crippen LogP contribution is 2.40. The molecule has 0 spiro atoms. The van der Waals surface area contributed by atoms with Crippen LogP contribution in [0.1, 0.15) is 46.2 Å². The van der Waals surface area contributed by atoms with Gasteiger partial charge in [-0.1, -0.05) is 16.8 Å². The molecule has 4 rings (SSSR count). The molecule has 2 heterocycles. The molecule has 1 aliphatic heterocycles. The predicted molar refractivity (Wildman–Crippen MR) is 86.0 cm³/mol. The molecular weight excluding hydrogens is 332 g/mol. The van der Waals surface area contributed by atoms with Crippen molar-refractivity contribution < 1.29 is 19.2 Å². The fourth-order valence-corrected chi connectivity index (χ4v) is 3.56. The van der Waals surface area contributed by atoms with Gasteiger partial charge in [0.1, 0.15) is 0 Å². The Kier molecular flexibility index (Phi) is 3.38. The highest BCUT2D eigenvalue weighted by atomic mass is 35.5. The van der Waals surface area contributed by atoms with Gasteiger partial charge in [0.15, 0.2) is 11.5 Å². The van der Waals surface area contributed by atoms with E-state index in [1.807, 2.05) is 11.0 Å². The minimum Gasteiger partial charge on any atom is -0.476 e. The van der Waals surface area contributed by atoms with Crippen LogP contribution in [0.4, 0.5) is 0 Å². The molecule has 1 amide bonds. The number of carboxylic acid groups (broad SMARTS) is 1. The zero-order chi connectivity index (χ0) is 17.0. The van der Waals surface area contributed by atoms with Crippen LogP contribution in [-0.2, 0) is 6.54 Å². The van der Waals surface area contributed by atoms with E-state index >= 15 is 0 Å². The molecule has 1 aliphatic carbocycles. The molecule has 0 unspecified atom stereocenters. The van der Waals surface area contributed by atoms with E-state index in [1.165, 1.54) is 6.07 Å². The third-order valence-corrected chi connectivity index (χ3v) is 5.10. The van der Waals surface area contributed by atoms with Crippen LogP contribution in [0.3, 0.4) is 0 Å². The fourth-order valence-electron chi connectivity index (χ4n) is 3.24. The van der Waals surface area contributed by atoms with E-state index in [0.29, 0.717) is 34.4 Å². The van der Waals surface area contributed by atoms with Gasteiger partial charge in [-0.25, -0.2) is 4.79 Å². The molecule has 1 aromatic carbocycles. The summed E-state index contributed by atoms with van der Waals surface area (Å²) in [6.45, 7) is 2.59. The highest BCUT2D eigenvalue weighted by Gasteiger charge is 2.39. The molecule has 0 radical (unpaired) electrons. The first kappa shape index (κ1) is 15.2. The molecule has 1 fully saturated rings. The van der Waals surface area contributed by atoms with Gasteiger partial charge in [-0.2, -0.15) is 0 Å². The number of hydrogen-bond acceptors (Lipinski definition) is 4. The summed E-state index contributed by atoms with van der Waals surface area (Å²) >= 11 is 6.33. The van der Waals surface area contributed by atoms with Gasteiger partial charge < -0.3 is 14.5 Å². The van der Waals surface area contributed by atoms with E-state index in [4.69, 9.17) is 21.2 Å². The third kappa shape index (κ3) is 2.38. The van der Waals surface area contributed by atoms with Gasteiger partial charge >= 0.3 is 5.97 Å². The Morgan fingerprint density at radius 3 is 2.79 bits per heavy atom. The number of hydrogen-bond donors (Lipinski definition) is 1. The molecule has 1 atom stereocenters. The molecule has 1 aromatic heterocycles. The number of amides is 1.